The largest absolute Gasteiger partial charge is 0.481 e. The summed E-state index contributed by atoms with van der Waals surface area (Å²) >= 11 is 0. The SMILES string of the molecule is C#C[C@@](C)(O)[C@@H]1C[C@@H](CC(=O)O)C1(C)C. The second-order valence-electron chi connectivity index (χ2n) is 5.20. The lowest BCUT2D eigenvalue weighted by atomic mass is 9.49. The topological polar surface area (TPSA) is 57.5 Å². The highest BCUT2D eigenvalue weighted by Crippen LogP contribution is 2.56. The van der Waals surface area contributed by atoms with Crippen LogP contribution in [-0.2, 0) is 4.79 Å². The normalized spacial score (nSPS) is 32.2. The number of hydrogen-bond acceptors (Lipinski definition) is 2. The van der Waals surface area contributed by atoms with Crippen molar-refractivity contribution in [2.45, 2.75) is 39.2 Å². The Balaban J connectivity index is 2.72. The third kappa shape index (κ3) is 2.00. The molecule has 0 unspecified atom stereocenters. The van der Waals surface area contributed by atoms with Crippen LogP contribution in [0.3, 0.4) is 0 Å². The van der Waals surface area contributed by atoms with Crippen molar-refractivity contribution in [3.63, 3.8) is 0 Å². The standard InChI is InChI=1S/C12H18O3/c1-5-12(4,15)9-6-8(7-10(13)14)11(9,2)3/h1,8-9,15H,6-7H2,2-4H3,(H,13,14)/t8-,9+,12+/m0/s1. The smallest absolute Gasteiger partial charge is 0.303 e. The van der Waals surface area contributed by atoms with Crippen LogP contribution in [0.4, 0.5) is 0 Å². The molecule has 84 valence electrons. The maximum atomic E-state index is 10.6. The zero-order valence-corrected chi connectivity index (χ0v) is 9.45. The minimum absolute atomic E-state index is 0.0145. The van der Waals surface area contributed by atoms with E-state index in [1.54, 1.807) is 6.92 Å². The van der Waals surface area contributed by atoms with Crippen LogP contribution in [0.5, 0.6) is 0 Å². The number of carboxylic acid groups (broad SMARTS) is 1. The summed E-state index contributed by atoms with van der Waals surface area (Å²) in [6.45, 7) is 5.57. The molecule has 2 N–H and O–H groups in total. The van der Waals surface area contributed by atoms with Gasteiger partial charge >= 0.3 is 5.97 Å². The molecular weight excluding hydrogens is 192 g/mol. The zero-order chi connectivity index (χ0) is 11.9. The third-order valence-corrected chi connectivity index (χ3v) is 3.86. The van der Waals surface area contributed by atoms with Crippen molar-refractivity contribution in [1.29, 1.82) is 0 Å². The van der Waals surface area contributed by atoms with Crippen LogP contribution in [0, 0.1) is 29.6 Å². The number of rotatable bonds is 3. The van der Waals surface area contributed by atoms with E-state index < -0.39 is 11.6 Å². The van der Waals surface area contributed by atoms with Crippen molar-refractivity contribution in [2.24, 2.45) is 17.3 Å². The highest BCUT2D eigenvalue weighted by molar-refractivity contribution is 5.67. The fourth-order valence-electron chi connectivity index (χ4n) is 2.63. The van der Waals surface area contributed by atoms with Crippen molar-refractivity contribution in [3.8, 4) is 12.3 Å². The van der Waals surface area contributed by atoms with Gasteiger partial charge in [0.2, 0.25) is 0 Å². The Morgan fingerprint density at radius 3 is 2.53 bits per heavy atom. The Morgan fingerprint density at radius 2 is 2.20 bits per heavy atom. The zero-order valence-electron chi connectivity index (χ0n) is 9.45. The molecule has 1 aliphatic carbocycles. The summed E-state index contributed by atoms with van der Waals surface area (Å²) in [6.07, 6.45) is 6.12. The number of carboxylic acids is 1. The molecule has 1 fully saturated rings. The van der Waals surface area contributed by atoms with E-state index in [2.05, 4.69) is 5.92 Å². The number of terminal acetylenes is 1. The predicted molar refractivity (Wildman–Crippen MR) is 57.1 cm³/mol. The molecule has 1 aliphatic rings. The van der Waals surface area contributed by atoms with Gasteiger partial charge in [-0.2, -0.15) is 0 Å². The molecule has 0 aromatic carbocycles. The van der Waals surface area contributed by atoms with Crippen molar-refractivity contribution in [1.82, 2.24) is 0 Å². The van der Waals surface area contributed by atoms with E-state index in [4.69, 9.17) is 11.5 Å². The predicted octanol–water partition coefficient (Wildman–Crippen LogP) is 1.51. The van der Waals surface area contributed by atoms with E-state index in [0.29, 0.717) is 6.42 Å². The van der Waals surface area contributed by atoms with Crippen molar-refractivity contribution in [2.75, 3.05) is 0 Å². The van der Waals surface area contributed by atoms with Gasteiger partial charge in [0.05, 0.1) is 0 Å². The number of aliphatic hydroxyl groups is 1. The first-order chi connectivity index (χ1) is 6.71. The average Bonchev–Trinajstić information content (AvgIpc) is 2.11. The first-order valence-corrected chi connectivity index (χ1v) is 5.13. The summed E-state index contributed by atoms with van der Waals surface area (Å²) < 4.78 is 0. The molecular formula is C12H18O3. The van der Waals surface area contributed by atoms with Crippen LogP contribution < -0.4 is 0 Å². The molecule has 1 saturated carbocycles. The maximum absolute atomic E-state index is 10.6. The molecule has 0 spiro atoms. The van der Waals surface area contributed by atoms with Crippen LogP contribution in [0.2, 0.25) is 0 Å². The van der Waals surface area contributed by atoms with Gasteiger partial charge < -0.3 is 10.2 Å². The van der Waals surface area contributed by atoms with E-state index in [0.717, 1.165) is 0 Å². The third-order valence-electron chi connectivity index (χ3n) is 3.86. The number of aliphatic carboxylic acids is 1. The molecule has 0 bridgehead atoms. The van der Waals surface area contributed by atoms with Gasteiger partial charge in [-0.25, -0.2) is 0 Å². The first kappa shape index (κ1) is 12.1. The molecule has 0 aliphatic heterocycles. The summed E-state index contributed by atoms with van der Waals surface area (Å²) in [4.78, 5) is 10.6. The van der Waals surface area contributed by atoms with Gasteiger partial charge in [0, 0.05) is 12.3 Å². The molecule has 3 nitrogen and oxygen atoms in total. The quantitative estimate of drug-likeness (QED) is 0.694. The van der Waals surface area contributed by atoms with Crippen molar-refractivity contribution in [3.05, 3.63) is 0 Å². The molecule has 0 amide bonds. The van der Waals surface area contributed by atoms with Crippen LogP contribution in [-0.4, -0.2) is 21.8 Å². The van der Waals surface area contributed by atoms with Gasteiger partial charge in [-0.1, -0.05) is 19.8 Å². The van der Waals surface area contributed by atoms with Crippen molar-refractivity contribution >= 4 is 5.97 Å². The first-order valence-electron chi connectivity index (χ1n) is 5.13. The summed E-state index contributed by atoms with van der Waals surface area (Å²) in [7, 11) is 0. The van der Waals surface area contributed by atoms with E-state index in [1.807, 2.05) is 13.8 Å². The Kier molecular flexibility index (Phi) is 2.84. The van der Waals surface area contributed by atoms with Gasteiger partial charge in [0.1, 0.15) is 5.60 Å². The average molecular weight is 210 g/mol. The maximum Gasteiger partial charge on any atom is 0.303 e. The summed E-state index contributed by atoms with van der Waals surface area (Å²) in [5, 5.41) is 18.7. The molecule has 0 saturated heterocycles. The summed E-state index contributed by atoms with van der Waals surface area (Å²) in [6, 6.07) is 0. The monoisotopic (exact) mass is 210 g/mol. The highest BCUT2D eigenvalue weighted by atomic mass is 16.4. The molecule has 3 atom stereocenters. The lowest BCUT2D eigenvalue weighted by Crippen LogP contribution is -2.55. The van der Waals surface area contributed by atoms with Crippen LogP contribution in [0.1, 0.15) is 33.6 Å². The molecule has 0 aromatic heterocycles. The minimum atomic E-state index is -1.13. The second-order valence-corrected chi connectivity index (χ2v) is 5.20. The van der Waals surface area contributed by atoms with E-state index in [-0.39, 0.29) is 23.7 Å². The Morgan fingerprint density at radius 1 is 1.67 bits per heavy atom. The Bertz CT molecular complexity index is 309. The van der Waals surface area contributed by atoms with Crippen LogP contribution in [0.25, 0.3) is 0 Å². The minimum Gasteiger partial charge on any atom is -0.481 e. The van der Waals surface area contributed by atoms with E-state index >= 15 is 0 Å². The van der Waals surface area contributed by atoms with Gasteiger partial charge in [0.25, 0.3) is 0 Å². The number of carbonyl (C=O) groups is 1. The van der Waals surface area contributed by atoms with Gasteiger partial charge in [0.15, 0.2) is 0 Å². The number of hydrogen-bond donors (Lipinski definition) is 2. The lowest BCUT2D eigenvalue weighted by molar-refractivity contribution is -0.152. The summed E-state index contributed by atoms with van der Waals surface area (Å²) in [5.41, 5.74) is -1.33. The Hall–Kier alpha value is -1.01. The fraction of sp³-hybridized carbons (Fsp3) is 0.750. The highest BCUT2D eigenvalue weighted by Gasteiger charge is 2.55. The molecule has 0 heterocycles. The molecule has 0 aromatic rings. The molecule has 15 heavy (non-hydrogen) atoms. The Labute approximate surface area is 90.5 Å². The second kappa shape index (κ2) is 3.53. The van der Waals surface area contributed by atoms with Gasteiger partial charge in [-0.15, -0.1) is 6.42 Å². The molecule has 1 rings (SSSR count). The van der Waals surface area contributed by atoms with E-state index in [1.165, 1.54) is 0 Å². The van der Waals surface area contributed by atoms with Gasteiger partial charge in [-0.3, -0.25) is 4.79 Å². The van der Waals surface area contributed by atoms with Crippen LogP contribution in [0.15, 0.2) is 0 Å². The van der Waals surface area contributed by atoms with Crippen molar-refractivity contribution < 1.29 is 15.0 Å². The van der Waals surface area contributed by atoms with Crippen LogP contribution >= 0.6 is 0 Å². The fourth-order valence-corrected chi connectivity index (χ4v) is 2.63. The summed E-state index contributed by atoms with van der Waals surface area (Å²) in [5.74, 6) is 1.69. The molecule has 3 heteroatoms. The van der Waals surface area contributed by atoms with Gasteiger partial charge in [-0.05, 0) is 24.7 Å². The molecule has 0 radical (unpaired) electrons. The van der Waals surface area contributed by atoms with E-state index in [9.17, 15) is 9.90 Å². The lowest BCUT2D eigenvalue weighted by Gasteiger charge is -2.56.